The molecule has 3 rings (SSSR count). The molecule has 0 bridgehead atoms. The molecule has 1 heterocycles. The first kappa shape index (κ1) is 16.0. The number of rotatable bonds is 4. The predicted octanol–water partition coefficient (Wildman–Crippen LogP) is 4.16. The van der Waals surface area contributed by atoms with Gasteiger partial charge in [-0.05, 0) is 43.5 Å². The van der Waals surface area contributed by atoms with Crippen molar-refractivity contribution >= 4 is 23.2 Å². The van der Waals surface area contributed by atoms with Crippen LogP contribution in [0, 0.1) is 0 Å². The van der Waals surface area contributed by atoms with Gasteiger partial charge in [0.15, 0.2) is 0 Å². The van der Waals surface area contributed by atoms with Gasteiger partial charge in [0.05, 0.1) is 16.8 Å². The molecule has 0 radical (unpaired) electrons. The number of nitrogens with zero attached hydrogens (tertiary/aromatic N) is 1. The number of nitrogens with one attached hydrogen (secondary N) is 1. The van der Waals surface area contributed by atoms with Crippen molar-refractivity contribution in [2.75, 3.05) is 18.4 Å². The third kappa shape index (κ3) is 3.74. The summed E-state index contributed by atoms with van der Waals surface area (Å²) in [5.74, 6) is 0.499. The van der Waals surface area contributed by atoms with Crippen LogP contribution in [-0.2, 0) is 4.79 Å². The van der Waals surface area contributed by atoms with Gasteiger partial charge in [0, 0.05) is 6.54 Å². The molecule has 0 spiro atoms. The molecule has 3 nitrogen and oxygen atoms in total. The third-order valence-corrected chi connectivity index (χ3v) is 4.88. The van der Waals surface area contributed by atoms with Gasteiger partial charge in [0.25, 0.3) is 0 Å². The molecule has 0 aromatic heterocycles. The Balaban J connectivity index is 1.61. The molecule has 1 saturated heterocycles. The minimum absolute atomic E-state index is 0.00758. The summed E-state index contributed by atoms with van der Waals surface area (Å²) >= 11 is 6.11. The van der Waals surface area contributed by atoms with Crippen molar-refractivity contribution in [3.63, 3.8) is 0 Å². The molecule has 23 heavy (non-hydrogen) atoms. The Morgan fingerprint density at radius 2 is 1.87 bits per heavy atom. The molecular weight excluding hydrogens is 308 g/mol. The van der Waals surface area contributed by atoms with Crippen LogP contribution < -0.4 is 5.32 Å². The Labute approximate surface area is 142 Å². The standard InChI is InChI=1S/C19H21ClN2O/c1-14(19(23)21-18-10-6-5-9-17(18)20)22-12-11-16(13-22)15-7-3-2-4-8-15/h2-10,14,16H,11-13H2,1H3,(H,21,23)/t14-,16+/m1/s1. The van der Waals surface area contributed by atoms with E-state index in [9.17, 15) is 4.79 Å². The fourth-order valence-corrected chi connectivity index (χ4v) is 3.28. The maximum Gasteiger partial charge on any atom is 0.241 e. The van der Waals surface area contributed by atoms with Crippen LogP contribution in [0.15, 0.2) is 54.6 Å². The number of hydrogen-bond donors (Lipinski definition) is 1. The van der Waals surface area contributed by atoms with Crippen molar-refractivity contribution in [1.82, 2.24) is 4.90 Å². The topological polar surface area (TPSA) is 32.3 Å². The quantitative estimate of drug-likeness (QED) is 0.914. The molecule has 1 fully saturated rings. The van der Waals surface area contributed by atoms with Crippen molar-refractivity contribution < 1.29 is 4.79 Å². The first-order chi connectivity index (χ1) is 11.1. The molecule has 1 amide bonds. The summed E-state index contributed by atoms with van der Waals surface area (Å²) in [6.07, 6.45) is 1.09. The van der Waals surface area contributed by atoms with Crippen molar-refractivity contribution in [3.05, 3.63) is 65.2 Å². The van der Waals surface area contributed by atoms with Crippen molar-refractivity contribution in [1.29, 1.82) is 0 Å². The largest absolute Gasteiger partial charge is 0.323 e. The van der Waals surface area contributed by atoms with Crippen LogP contribution in [-0.4, -0.2) is 29.9 Å². The van der Waals surface area contributed by atoms with Gasteiger partial charge in [-0.1, -0.05) is 54.1 Å². The Hall–Kier alpha value is -1.84. The van der Waals surface area contributed by atoms with Gasteiger partial charge in [-0.25, -0.2) is 0 Å². The van der Waals surface area contributed by atoms with E-state index >= 15 is 0 Å². The second-order valence-electron chi connectivity index (χ2n) is 6.04. The highest BCUT2D eigenvalue weighted by Gasteiger charge is 2.30. The van der Waals surface area contributed by atoms with Crippen LogP contribution in [0.1, 0.15) is 24.8 Å². The zero-order valence-corrected chi connectivity index (χ0v) is 14.0. The predicted molar refractivity (Wildman–Crippen MR) is 94.9 cm³/mol. The molecule has 0 saturated carbocycles. The van der Waals surface area contributed by atoms with Crippen LogP contribution in [0.25, 0.3) is 0 Å². The molecule has 0 aliphatic carbocycles. The molecule has 2 aromatic carbocycles. The number of para-hydroxylation sites is 1. The van der Waals surface area contributed by atoms with Gasteiger partial charge >= 0.3 is 0 Å². The van der Waals surface area contributed by atoms with Gasteiger partial charge in [0.2, 0.25) is 5.91 Å². The number of carbonyl (C=O) groups is 1. The average molecular weight is 329 g/mol. The minimum Gasteiger partial charge on any atom is -0.323 e. The van der Waals surface area contributed by atoms with Gasteiger partial charge in [-0.2, -0.15) is 0 Å². The van der Waals surface area contributed by atoms with E-state index in [2.05, 4.69) is 34.5 Å². The van der Waals surface area contributed by atoms with Crippen molar-refractivity contribution in [2.24, 2.45) is 0 Å². The Morgan fingerprint density at radius 1 is 1.17 bits per heavy atom. The Bertz CT molecular complexity index is 674. The van der Waals surface area contributed by atoms with E-state index < -0.39 is 0 Å². The fraction of sp³-hybridized carbons (Fsp3) is 0.316. The Morgan fingerprint density at radius 3 is 2.61 bits per heavy atom. The monoisotopic (exact) mass is 328 g/mol. The van der Waals surface area contributed by atoms with E-state index in [-0.39, 0.29) is 11.9 Å². The lowest BCUT2D eigenvalue weighted by molar-refractivity contribution is -0.120. The summed E-state index contributed by atoms with van der Waals surface area (Å²) in [7, 11) is 0. The van der Waals surface area contributed by atoms with Crippen LogP contribution >= 0.6 is 11.6 Å². The van der Waals surface area contributed by atoms with E-state index in [4.69, 9.17) is 11.6 Å². The summed E-state index contributed by atoms with van der Waals surface area (Å²) in [6, 6.07) is 17.7. The van der Waals surface area contributed by atoms with Crippen LogP contribution in [0.4, 0.5) is 5.69 Å². The number of benzene rings is 2. The summed E-state index contributed by atoms with van der Waals surface area (Å²) in [4.78, 5) is 14.7. The minimum atomic E-state index is -0.167. The summed E-state index contributed by atoms with van der Waals surface area (Å²) in [6.45, 7) is 3.82. The van der Waals surface area contributed by atoms with E-state index in [0.717, 1.165) is 19.5 Å². The fourth-order valence-electron chi connectivity index (χ4n) is 3.10. The number of halogens is 1. The van der Waals surface area contributed by atoms with Crippen LogP contribution in [0.2, 0.25) is 5.02 Å². The second-order valence-corrected chi connectivity index (χ2v) is 6.44. The molecule has 1 aliphatic rings. The van der Waals surface area contributed by atoms with E-state index in [0.29, 0.717) is 16.6 Å². The molecule has 4 heteroatoms. The lowest BCUT2D eigenvalue weighted by Gasteiger charge is -2.23. The first-order valence-corrected chi connectivity index (χ1v) is 8.37. The number of amides is 1. The van der Waals surface area contributed by atoms with Gasteiger partial charge in [-0.3, -0.25) is 9.69 Å². The number of anilines is 1. The molecule has 0 unspecified atom stereocenters. The van der Waals surface area contributed by atoms with Crippen LogP contribution in [0.5, 0.6) is 0 Å². The molecule has 1 N–H and O–H groups in total. The second kappa shape index (κ2) is 7.16. The molecule has 2 atom stereocenters. The van der Waals surface area contributed by atoms with E-state index in [1.807, 2.05) is 31.2 Å². The molecular formula is C19H21ClN2O. The SMILES string of the molecule is C[C@H](C(=O)Nc1ccccc1Cl)N1CC[C@H](c2ccccc2)C1. The normalized spacial score (nSPS) is 19.5. The Kier molecular flexibility index (Phi) is 4.99. The van der Waals surface area contributed by atoms with Gasteiger partial charge in [-0.15, -0.1) is 0 Å². The zero-order valence-electron chi connectivity index (χ0n) is 13.2. The number of hydrogen-bond acceptors (Lipinski definition) is 2. The van der Waals surface area contributed by atoms with E-state index in [1.54, 1.807) is 6.07 Å². The highest BCUT2D eigenvalue weighted by atomic mass is 35.5. The molecule has 120 valence electrons. The number of carbonyl (C=O) groups excluding carboxylic acids is 1. The average Bonchev–Trinajstić information content (AvgIpc) is 3.07. The number of likely N-dealkylation sites (tertiary alicyclic amines) is 1. The van der Waals surface area contributed by atoms with Crippen molar-refractivity contribution in [2.45, 2.75) is 25.3 Å². The summed E-state index contributed by atoms with van der Waals surface area (Å²) < 4.78 is 0. The van der Waals surface area contributed by atoms with Gasteiger partial charge in [0.1, 0.15) is 0 Å². The smallest absolute Gasteiger partial charge is 0.241 e. The highest BCUT2D eigenvalue weighted by Crippen LogP contribution is 2.28. The lowest BCUT2D eigenvalue weighted by atomic mass is 9.99. The summed E-state index contributed by atoms with van der Waals surface area (Å²) in [5, 5.41) is 3.50. The summed E-state index contributed by atoms with van der Waals surface area (Å²) in [5.41, 5.74) is 2.03. The first-order valence-electron chi connectivity index (χ1n) is 7.99. The highest BCUT2D eigenvalue weighted by molar-refractivity contribution is 6.33. The lowest BCUT2D eigenvalue weighted by Crippen LogP contribution is -2.40. The van der Waals surface area contributed by atoms with Crippen molar-refractivity contribution in [3.8, 4) is 0 Å². The van der Waals surface area contributed by atoms with Gasteiger partial charge < -0.3 is 5.32 Å². The molecule has 1 aliphatic heterocycles. The van der Waals surface area contributed by atoms with Crippen LogP contribution in [0.3, 0.4) is 0 Å². The third-order valence-electron chi connectivity index (χ3n) is 4.55. The maximum atomic E-state index is 12.5. The zero-order chi connectivity index (χ0) is 16.2. The van der Waals surface area contributed by atoms with E-state index in [1.165, 1.54) is 5.56 Å². The maximum absolute atomic E-state index is 12.5. The molecule has 2 aromatic rings.